The summed E-state index contributed by atoms with van der Waals surface area (Å²) in [6.45, 7) is 2.79. The van der Waals surface area contributed by atoms with Crippen molar-refractivity contribution >= 4 is 17.6 Å². The second kappa shape index (κ2) is 6.82. The lowest BCUT2D eigenvalue weighted by molar-refractivity contribution is -0.314. The maximum Gasteiger partial charge on any atom is 0.226 e. The van der Waals surface area contributed by atoms with Gasteiger partial charge in [0, 0.05) is 49.7 Å². The molecule has 1 saturated heterocycles. The van der Waals surface area contributed by atoms with Gasteiger partial charge in [-0.2, -0.15) is 0 Å². The van der Waals surface area contributed by atoms with Crippen molar-refractivity contribution in [3.8, 4) is 5.75 Å². The Morgan fingerprint density at radius 3 is 2.19 bits per heavy atom. The molecule has 1 aliphatic heterocycles. The lowest BCUT2D eigenvalue weighted by Crippen LogP contribution is -2.53. The third-order valence-electron chi connectivity index (χ3n) is 6.50. The number of amides is 1. The van der Waals surface area contributed by atoms with Gasteiger partial charge in [0.25, 0.3) is 0 Å². The monoisotopic (exact) mass is 357 g/mol. The highest BCUT2D eigenvalue weighted by atomic mass is 16.5. The molecule has 6 heteroatoms. The Labute approximate surface area is 153 Å². The molecule has 2 aliphatic carbocycles. The van der Waals surface area contributed by atoms with E-state index in [0.717, 1.165) is 43.8 Å². The van der Waals surface area contributed by atoms with Crippen LogP contribution in [0.25, 0.3) is 0 Å². The number of hydrogen-bond acceptors (Lipinski definition) is 5. The number of rotatable bonds is 4. The summed E-state index contributed by atoms with van der Waals surface area (Å²) in [5, 5.41) is 11.6. The highest BCUT2D eigenvalue weighted by Gasteiger charge is 2.52. The molecular formula is C20H25N2O4-. The molecule has 1 amide bonds. The molecule has 4 rings (SSSR count). The molecule has 140 valence electrons. The molecule has 0 radical (unpaired) electrons. The molecule has 0 aromatic heterocycles. The van der Waals surface area contributed by atoms with Gasteiger partial charge in [-0.3, -0.25) is 4.79 Å². The largest absolute Gasteiger partial charge is 0.550 e. The Hall–Kier alpha value is -2.24. The minimum atomic E-state index is -1.03. The summed E-state index contributed by atoms with van der Waals surface area (Å²) in [6, 6.07) is 7.93. The van der Waals surface area contributed by atoms with E-state index in [2.05, 4.69) is 4.90 Å². The first-order valence-corrected chi connectivity index (χ1v) is 9.47. The number of hydrogen-bond donors (Lipinski definition) is 0. The van der Waals surface area contributed by atoms with E-state index < -0.39 is 11.9 Å². The highest BCUT2D eigenvalue weighted by Crippen LogP contribution is 2.52. The van der Waals surface area contributed by atoms with E-state index in [-0.39, 0.29) is 23.7 Å². The van der Waals surface area contributed by atoms with E-state index in [1.165, 1.54) is 0 Å². The average Bonchev–Trinajstić information content (AvgIpc) is 3.29. The van der Waals surface area contributed by atoms with Crippen molar-refractivity contribution in [3.05, 3.63) is 24.3 Å². The number of fused-ring (bicyclic) bond motifs is 2. The van der Waals surface area contributed by atoms with Crippen molar-refractivity contribution < 1.29 is 19.4 Å². The topological polar surface area (TPSA) is 72.9 Å². The Balaban J connectivity index is 1.39. The van der Waals surface area contributed by atoms with Crippen LogP contribution in [0.2, 0.25) is 0 Å². The lowest BCUT2D eigenvalue weighted by Gasteiger charge is -2.40. The third-order valence-corrected chi connectivity index (χ3v) is 6.50. The molecule has 0 N–H and O–H groups in total. The van der Waals surface area contributed by atoms with Crippen LogP contribution in [0.1, 0.15) is 19.3 Å². The van der Waals surface area contributed by atoms with Crippen LogP contribution in [0.3, 0.4) is 0 Å². The third kappa shape index (κ3) is 2.91. The first-order chi connectivity index (χ1) is 12.6. The smallest absolute Gasteiger partial charge is 0.226 e. The Morgan fingerprint density at radius 2 is 1.62 bits per heavy atom. The van der Waals surface area contributed by atoms with Crippen molar-refractivity contribution in [2.45, 2.75) is 19.3 Å². The van der Waals surface area contributed by atoms with Crippen molar-refractivity contribution in [1.29, 1.82) is 0 Å². The van der Waals surface area contributed by atoms with E-state index >= 15 is 0 Å². The van der Waals surface area contributed by atoms with Crippen LogP contribution in [0.15, 0.2) is 24.3 Å². The summed E-state index contributed by atoms with van der Waals surface area (Å²) < 4.78 is 5.19. The summed E-state index contributed by atoms with van der Waals surface area (Å²) >= 11 is 0. The van der Waals surface area contributed by atoms with Crippen molar-refractivity contribution in [2.24, 2.45) is 23.7 Å². The van der Waals surface area contributed by atoms with E-state index in [1.54, 1.807) is 7.11 Å². The molecule has 3 fully saturated rings. The highest BCUT2D eigenvalue weighted by molar-refractivity contribution is 5.86. The van der Waals surface area contributed by atoms with Gasteiger partial charge in [-0.15, -0.1) is 0 Å². The van der Waals surface area contributed by atoms with Crippen LogP contribution in [0, 0.1) is 23.7 Å². The maximum absolute atomic E-state index is 13.0. The number of nitrogens with zero attached hydrogens (tertiary/aromatic N) is 2. The Bertz CT molecular complexity index is 682. The molecule has 6 nitrogen and oxygen atoms in total. The van der Waals surface area contributed by atoms with Crippen LogP contribution < -0.4 is 14.7 Å². The fourth-order valence-electron chi connectivity index (χ4n) is 5.17. The van der Waals surface area contributed by atoms with Crippen LogP contribution in [0.5, 0.6) is 5.75 Å². The van der Waals surface area contributed by atoms with E-state index in [9.17, 15) is 14.7 Å². The fourth-order valence-corrected chi connectivity index (χ4v) is 5.17. The summed E-state index contributed by atoms with van der Waals surface area (Å²) in [5.41, 5.74) is 1.12. The van der Waals surface area contributed by atoms with Gasteiger partial charge < -0.3 is 24.4 Å². The summed E-state index contributed by atoms with van der Waals surface area (Å²) in [6.07, 6.45) is 2.79. The standard InChI is InChI=1S/C20H26N2O4/c1-26-16-6-4-15(5-7-16)21-8-10-22(11-9-21)19(23)17-13-2-3-14(12-13)18(17)20(24)25/h4-7,13-14,17-18H,2-3,8-12H2,1H3,(H,24,25)/p-1/t13-,14-,17+,18+/m1/s1. The number of carboxylic acid groups (broad SMARTS) is 1. The first-order valence-electron chi connectivity index (χ1n) is 9.47. The van der Waals surface area contributed by atoms with Crippen molar-refractivity contribution in [2.75, 3.05) is 38.2 Å². The molecule has 2 saturated carbocycles. The second-order valence-corrected chi connectivity index (χ2v) is 7.71. The van der Waals surface area contributed by atoms with Crippen LogP contribution in [-0.4, -0.2) is 50.1 Å². The SMILES string of the molecule is COc1ccc(N2CCN(C(=O)[C@H]3[C@@H]4CC[C@H](C4)[C@@H]3C(=O)[O-])CC2)cc1. The average molecular weight is 357 g/mol. The van der Waals surface area contributed by atoms with Gasteiger partial charge in [-0.25, -0.2) is 0 Å². The molecule has 1 heterocycles. The van der Waals surface area contributed by atoms with Gasteiger partial charge in [0.05, 0.1) is 7.11 Å². The lowest BCUT2D eigenvalue weighted by atomic mass is 9.78. The zero-order chi connectivity index (χ0) is 18.3. The minimum Gasteiger partial charge on any atom is -0.550 e. The molecule has 3 aliphatic rings. The first kappa shape index (κ1) is 17.2. The number of carboxylic acids is 1. The van der Waals surface area contributed by atoms with Gasteiger partial charge in [0.1, 0.15) is 5.75 Å². The van der Waals surface area contributed by atoms with Crippen LogP contribution >= 0.6 is 0 Å². The number of methoxy groups -OCH3 is 1. The number of anilines is 1. The molecule has 0 spiro atoms. The zero-order valence-electron chi connectivity index (χ0n) is 15.1. The van der Waals surface area contributed by atoms with Gasteiger partial charge in [0.2, 0.25) is 5.91 Å². The van der Waals surface area contributed by atoms with Crippen LogP contribution in [0.4, 0.5) is 5.69 Å². The molecule has 4 atom stereocenters. The summed E-state index contributed by atoms with van der Waals surface area (Å²) in [7, 11) is 1.65. The van der Waals surface area contributed by atoms with Gasteiger partial charge in [-0.1, -0.05) is 0 Å². The normalized spacial score (nSPS) is 30.5. The number of aliphatic carboxylic acids is 1. The zero-order valence-corrected chi connectivity index (χ0v) is 15.1. The Morgan fingerprint density at radius 1 is 1.00 bits per heavy atom. The number of ether oxygens (including phenoxy) is 1. The summed E-state index contributed by atoms with van der Waals surface area (Å²) in [4.78, 5) is 28.7. The van der Waals surface area contributed by atoms with E-state index in [4.69, 9.17) is 4.74 Å². The quantitative estimate of drug-likeness (QED) is 0.795. The maximum atomic E-state index is 13.0. The second-order valence-electron chi connectivity index (χ2n) is 7.71. The molecule has 1 aromatic rings. The predicted octanol–water partition coefficient (Wildman–Crippen LogP) is 0.756. The van der Waals surface area contributed by atoms with E-state index in [0.29, 0.717) is 13.1 Å². The predicted molar refractivity (Wildman–Crippen MR) is 94.6 cm³/mol. The summed E-state index contributed by atoms with van der Waals surface area (Å²) in [5.74, 6) is -0.762. The fraction of sp³-hybridized carbons (Fsp3) is 0.600. The molecule has 1 aromatic carbocycles. The number of carbonyl (C=O) groups is 2. The molecule has 0 unspecified atom stereocenters. The molecular weight excluding hydrogens is 332 g/mol. The molecule has 2 bridgehead atoms. The van der Waals surface area contributed by atoms with Gasteiger partial charge in [-0.05, 0) is 55.4 Å². The van der Waals surface area contributed by atoms with E-state index in [1.807, 2.05) is 29.2 Å². The minimum absolute atomic E-state index is 0.0285. The number of piperazine rings is 1. The van der Waals surface area contributed by atoms with Gasteiger partial charge in [0.15, 0.2) is 0 Å². The van der Waals surface area contributed by atoms with Crippen LogP contribution in [-0.2, 0) is 9.59 Å². The van der Waals surface area contributed by atoms with Crippen molar-refractivity contribution in [3.63, 3.8) is 0 Å². The molecule has 26 heavy (non-hydrogen) atoms. The van der Waals surface area contributed by atoms with Crippen molar-refractivity contribution in [1.82, 2.24) is 4.90 Å². The number of carbonyl (C=O) groups excluding carboxylic acids is 2. The Kier molecular flexibility index (Phi) is 4.51. The number of benzene rings is 1. The van der Waals surface area contributed by atoms with Gasteiger partial charge >= 0.3 is 0 Å².